The molecular formula is C7H11F3O5S. The molecule has 16 heavy (non-hydrogen) atoms. The Hall–Kier alpha value is -0.830. The van der Waals surface area contributed by atoms with Crippen LogP contribution in [0.3, 0.4) is 0 Å². The second-order valence-corrected chi connectivity index (χ2v) is 4.75. The molecule has 0 aliphatic carbocycles. The maximum Gasteiger partial charge on any atom is 0.523 e. The average molecular weight is 264 g/mol. The quantitative estimate of drug-likeness (QED) is 0.431. The van der Waals surface area contributed by atoms with Crippen LogP contribution in [0.5, 0.6) is 0 Å². The van der Waals surface area contributed by atoms with Crippen molar-refractivity contribution in [2.75, 3.05) is 7.11 Å². The fourth-order valence-corrected chi connectivity index (χ4v) is 1.41. The normalized spacial score (nSPS) is 14.9. The molecule has 0 aromatic rings. The van der Waals surface area contributed by atoms with Crippen LogP contribution >= 0.6 is 0 Å². The van der Waals surface area contributed by atoms with Gasteiger partial charge in [-0.3, -0.25) is 0 Å². The first-order valence-corrected chi connectivity index (χ1v) is 5.51. The summed E-state index contributed by atoms with van der Waals surface area (Å²) in [4.78, 5) is 11.0. The second-order valence-electron chi connectivity index (χ2n) is 3.18. The van der Waals surface area contributed by atoms with Crippen molar-refractivity contribution in [1.82, 2.24) is 0 Å². The van der Waals surface area contributed by atoms with Crippen LogP contribution in [0, 0.1) is 5.92 Å². The molecule has 0 heterocycles. The Morgan fingerprint density at radius 3 is 1.94 bits per heavy atom. The van der Waals surface area contributed by atoms with Crippen LogP contribution in [0.2, 0.25) is 0 Å². The van der Waals surface area contributed by atoms with Gasteiger partial charge in [-0.1, -0.05) is 13.8 Å². The first-order chi connectivity index (χ1) is 7.03. The molecule has 96 valence electrons. The predicted molar refractivity (Wildman–Crippen MR) is 46.7 cm³/mol. The smallest absolute Gasteiger partial charge is 0.467 e. The summed E-state index contributed by atoms with van der Waals surface area (Å²) in [5.74, 6) is -1.95. The average Bonchev–Trinajstić information content (AvgIpc) is 2.10. The van der Waals surface area contributed by atoms with E-state index < -0.39 is 33.6 Å². The van der Waals surface area contributed by atoms with E-state index in [9.17, 15) is 26.4 Å². The summed E-state index contributed by atoms with van der Waals surface area (Å²) in [6.45, 7) is 2.65. The molecule has 0 aliphatic heterocycles. The third-order valence-corrected chi connectivity index (χ3v) is 2.58. The third kappa shape index (κ3) is 3.63. The highest BCUT2D eigenvalue weighted by atomic mass is 32.2. The van der Waals surface area contributed by atoms with Crippen LogP contribution in [0.4, 0.5) is 13.2 Å². The number of hydrogen-bond donors (Lipinski definition) is 0. The van der Waals surface area contributed by atoms with Crippen molar-refractivity contribution in [1.29, 1.82) is 0 Å². The van der Waals surface area contributed by atoms with E-state index in [1.54, 1.807) is 0 Å². The van der Waals surface area contributed by atoms with Gasteiger partial charge in [0.25, 0.3) is 0 Å². The van der Waals surface area contributed by atoms with Gasteiger partial charge in [0.05, 0.1) is 7.11 Å². The molecule has 0 radical (unpaired) electrons. The number of esters is 1. The molecule has 0 spiro atoms. The fraction of sp³-hybridized carbons (Fsp3) is 0.857. The van der Waals surface area contributed by atoms with E-state index in [-0.39, 0.29) is 0 Å². The number of rotatable bonds is 4. The summed E-state index contributed by atoms with van der Waals surface area (Å²) in [6, 6.07) is 0. The molecule has 9 heteroatoms. The lowest BCUT2D eigenvalue weighted by atomic mass is 10.1. The molecule has 0 N–H and O–H groups in total. The summed E-state index contributed by atoms with van der Waals surface area (Å²) in [5, 5.41) is 0. The number of methoxy groups -OCH3 is 1. The summed E-state index contributed by atoms with van der Waals surface area (Å²) >= 11 is 0. The molecule has 0 aromatic heterocycles. The minimum atomic E-state index is -5.80. The second kappa shape index (κ2) is 5.00. The van der Waals surface area contributed by atoms with Crippen LogP contribution in [0.1, 0.15) is 13.8 Å². The lowest BCUT2D eigenvalue weighted by Crippen LogP contribution is -2.37. The Balaban J connectivity index is 4.99. The zero-order valence-corrected chi connectivity index (χ0v) is 9.55. The van der Waals surface area contributed by atoms with Crippen molar-refractivity contribution in [3.05, 3.63) is 0 Å². The maximum atomic E-state index is 12.0. The van der Waals surface area contributed by atoms with Gasteiger partial charge in [0, 0.05) is 0 Å². The SMILES string of the molecule is COC(=O)[C@H](OS(=O)(=O)C(F)(F)F)C(C)C. The molecule has 5 nitrogen and oxygen atoms in total. The van der Waals surface area contributed by atoms with Crippen LogP contribution in [-0.4, -0.2) is 33.1 Å². The van der Waals surface area contributed by atoms with Crippen LogP contribution in [0.15, 0.2) is 0 Å². The molecule has 0 aromatic carbocycles. The van der Waals surface area contributed by atoms with Crippen LogP contribution in [0.25, 0.3) is 0 Å². The van der Waals surface area contributed by atoms with Gasteiger partial charge in [0.15, 0.2) is 6.10 Å². The molecule has 0 bridgehead atoms. The van der Waals surface area contributed by atoms with Crippen molar-refractivity contribution in [2.45, 2.75) is 25.5 Å². The Morgan fingerprint density at radius 2 is 1.69 bits per heavy atom. The molecule has 0 aliphatic rings. The number of carbonyl (C=O) groups is 1. The van der Waals surface area contributed by atoms with Crippen molar-refractivity contribution in [3.63, 3.8) is 0 Å². The van der Waals surface area contributed by atoms with Gasteiger partial charge in [0.1, 0.15) is 0 Å². The summed E-state index contributed by atoms with van der Waals surface area (Å²) in [6.07, 6.45) is -1.81. The molecule has 0 amide bonds. The summed E-state index contributed by atoms with van der Waals surface area (Å²) in [5.41, 5.74) is -5.56. The largest absolute Gasteiger partial charge is 0.523 e. The van der Waals surface area contributed by atoms with E-state index in [2.05, 4.69) is 8.92 Å². The van der Waals surface area contributed by atoms with Gasteiger partial charge in [-0.15, -0.1) is 0 Å². The zero-order valence-electron chi connectivity index (χ0n) is 8.74. The minimum absolute atomic E-state index is 0.774. The number of alkyl halides is 3. The lowest BCUT2D eigenvalue weighted by molar-refractivity contribution is -0.151. The molecule has 0 fully saturated rings. The molecule has 0 unspecified atom stereocenters. The Kier molecular flexibility index (Phi) is 4.74. The molecular weight excluding hydrogens is 253 g/mol. The number of ether oxygens (including phenoxy) is 1. The summed E-state index contributed by atoms with van der Waals surface area (Å²) < 4.78 is 65.1. The summed E-state index contributed by atoms with van der Waals surface area (Å²) in [7, 11) is -4.88. The topological polar surface area (TPSA) is 69.7 Å². The van der Waals surface area contributed by atoms with Gasteiger partial charge < -0.3 is 4.74 Å². The number of halogens is 3. The first-order valence-electron chi connectivity index (χ1n) is 4.10. The Labute approximate surface area is 90.6 Å². The predicted octanol–water partition coefficient (Wildman–Crippen LogP) is 1.05. The van der Waals surface area contributed by atoms with Crippen molar-refractivity contribution in [3.8, 4) is 0 Å². The van der Waals surface area contributed by atoms with E-state index in [0.717, 1.165) is 7.11 Å². The van der Waals surface area contributed by atoms with Gasteiger partial charge in [-0.05, 0) is 5.92 Å². The Bertz CT molecular complexity index is 346. The third-order valence-electron chi connectivity index (χ3n) is 1.55. The van der Waals surface area contributed by atoms with E-state index in [0.29, 0.717) is 0 Å². The van der Waals surface area contributed by atoms with Crippen LogP contribution < -0.4 is 0 Å². The zero-order chi connectivity index (χ0) is 13.1. The lowest BCUT2D eigenvalue weighted by Gasteiger charge is -2.19. The maximum absolute atomic E-state index is 12.0. The monoisotopic (exact) mass is 264 g/mol. The molecule has 0 saturated carbocycles. The highest BCUT2D eigenvalue weighted by Gasteiger charge is 2.50. The van der Waals surface area contributed by atoms with Gasteiger partial charge in [-0.25, -0.2) is 8.98 Å². The van der Waals surface area contributed by atoms with Gasteiger partial charge in [0.2, 0.25) is 0 Å². The van der Waals surface area contributed by atoms with E-state index >= 15 is 0 Å². The first kappa shape index (κ1) is 15.2. The highest BCUT2D eigenvalue weighted by molar-refractivity contribution is 7.87. The number of hydrogen-bond acceptors (Lipinski definition) is 5. The fourth-order valence-electron chi connectivity index (χ4n) is 0.730. The molecule has 1 atom stereocenters. The van der Waals surface area contributed by atoms with Crippen molar-refractivity contribution < 1.29 is 35.3 Å². The van der Waals surface area contributed by atoms with E-state index in [1.807, 2.05) is 0 Å². The van der Waals surface area contributed by atoms with Crippen LogP contribution in [-0.2, 0) is 23.8 Å². The van der Waals surface area contributed by atoms with Gasteiger partial charge >= 0.3 is 21.6 Å². The molecule has 0 saturated heterocycles. The van der Waals surface area contributed by atoms with Gasteiger partial charge in [-0.2, -0.15) is 21.6 Å². The highest BCUT2D eigenvalue weighted by Crippen LogP contribution is 2.27. The van der Waals surface area contributed by atoms with E-state index in [4.69, 9.17) is 0 Å². The molecule has 0 rings (SSSR count). The Morgan fingerprint density at radius 1 is 1.25 bits per heavy atom. The number of carbonyl (C=O) groups excluding carboxylic acids is 1. The standard InChI is InChI=1S/C7H11F3O5S/c1-4(2)5(6(11)14-3)15-16(12,13)7(8,9)10/h4-5H,1-3H3/t5-/m1/s1. The van der Waals surface area contributed by atoms with Crippen molar-refractivity contribution >= 4 is 16.1 Å². The minimum Gasteiger partial charge on any atom is -0.467 e. The van der Waals surface area contributed by atoms with Crippen molar-refractivity contribution in [2.24, 2.45) is 5.92 Å². The van der Waals surface area contributed by atoms with E-state index in [1.165, 1.54) is 13.8 Å².